The Bertz CT molecular complexity index is 1180. The van der Waals surface area contributed by atoms with E-state index in [9.17, 15) is 26.3 Å². The average Bonchev–Trinajstić information content (AvgIpc) is 3.41. The number of carboxylic acids is 2. The number of thiazole rings is 1. The Hall–Kier alpha value is -3.73. The molecule has 3 aromatic rings. The normalized spacial score (nSPS) is 15.5. The van der Waals surface area contributed by atoms with E-state index in [1.807, 2.05) is 30.7 Å². The highest BCUT2D eigenvalue weighted by Crippen LogP contribution is 2.20. The van der Waals surface area contributed by atoms with Crippen LogP contribution in [-0.4, -0.2) is 72.1 Å². The summed E-state index contributed by atoms with van der Waals surface area (Å²) >= 11 is 1.71. The van der Waals surface area contributed by atoms with Gasteiger partial charge in [-0.25, -0.2) is 24.5 Å². The topological polar surface area (TPSA) is 131 Å². The SMILES string of the molecule is Cc1nc(CN2Cc3cncn3CC(COc3ccccn3)C2)cs1.O=C(O)C(F)(F)F.O=C(O)C(F)(F)F. The van der Waals surface area contributed by atoms with Crippen molar-refractivity contribution >= 4 is 23.3 Å². The van der Waals surface area contributed by atoms with Gasteiger partial charge in [0.2, 0.25) is 5.88 Å². The number of imidazole rings is 1. The lowest BCUT2D eigenvalue weighted by molar-refractivity contribution is -0.193. The number of hydrogen-bond acceptors (Lipinski definition) is 8. The first kappa shape index (κ1) is 31.5. The van der Waals surface area contributed by atoms with E-state index in [-0.39, 0.29) is 0 Å². The fourth-order valence-electron chi connectivity index (χ4n) is 3.21. The number of aliphatic carboxylic acids is 2. The predicted molar refractivity (Wildman–Crippen MR) is 124 cm³/mol. The summed E-state index contributed by atoms with van der Waals surface area (Å²) in [6, 6.07) is 5.74. The maximum absolute atomic E-state index is 10.6. The minimum atomic E-state index is -5.08. The number of aryl methyl sites for hydroxylation is 1. The molecule has 0 aromatic carbocycles. The van der Waals surface area contributed by atoms with Crippen LogP contribution in [0, 0.1) is 12.8 Å². The van der Waals surface area contributed by atoms with Crippen LogP contribution in [0.15, 0.2) is 42.3 Å². The van der Waals surface area contributed by atoms with Crippen LogP contribution < -0.4 is 4.74 Å². The third kappa shape index (κ3) is 11.3. The highest BCUT2D eigenvalue weighted by molar-refractivity contribution is 7.09. The third-order valence-corrected chi connectivity index (χ3v) is 5.62. The van der Waals surface area contributed by atoms with Gasteiger partial charge >= 0.3 is 24.3 Å². The van der Waals surface area contributed by atoms with E-state index < -0.39 is 24.3 Å². The van der Waals surface area contributed by atoms with E-state index >= 15 is 0 Å². The number of pyridine rings is 1. The van der Waals surface area contributed by atoms with Crippen molar-refractivity contribution in [3.63, 3.8) is 0 Å². The van der Waals surface area contributed by atoms with Gasteiger partial charge in [0, 0.05) is 55.9 Å². The molecule has 39 heavy (non-hydrogen) atoms. The van der Waals surface area contributed by atoms with E-state index in [1.165, 1.54) is 5.69 Å². The molecule has 0 saturated heterocycles. The number of carbonyl (C=O) groups is 2. The molecule has 1 aliphatic heterocycles. The molecule has 1 aliphatic rings. The monoisotopic (exact) mass is 583 g/mol. The van der Waals surface area contributed by atoms with Crippen LogP contribution in [0.25, 0.3) is 0 Å². The summed E-state index contributed by atoms with van der Waals surface area (Å²) in [6.07, 6.45) is -4.53. The molecular weight excluding hydrogens is 560 g/mol. The molecule has 1 atom stereocenters. The van der Waals surface area contributed by atoms with Crippen molar-refractivity contribution in [2.24, 2.45) is 5.92 Å². The van der Waals surface area contributed by atoms with Crippen LogP contribution in [0.2, 0.25) is 0 Å². The maximum atomic E-state index is 10.6. The van der Waals surface area contributed by atoms with Gasteiger partial charge in [-0.3, -0.25) is 4.90 Å². The van der Waals surface area contributed by atoms with E-state index in [0.717, 1.165) is 36.9 Å². The molecule has 2 N–H and O–H groups in total. The van der Waals surface area contributed by atoms with Crippen molar-refractivity contribution in [1.29, 1.82) is 0 Å². The summed E-state index contributed by atoms with van der Waals surface area (Å²) in [7, 11) is 0. The molecule has 0 bridgehead atoms. The second kappa shape index (κ2) is 13.9. The van der Waals surface area contributed by atoms with Gasteiger partial charge in [0.1, 0.15) is 0 Å². The number of fused-ring (bicyclic) bond motifs is 1. The summed E-state index contributed by atoms with van der Waals surface area (Å²) in [5, 5.41) is 17.5. The van der Waals surface area contributed by atoms with Gasteiger partial charge in [-0.2, -0.15) is 26.3 Å². The molecule has 214 valence electrons. The van der Waals surface area contributed by atoms with E-state index in [2.05, 4.69) is 36.7 Å². The van der Waals surface area contributed by atoms with Gasteiger partial charge in [-0.15, -0.1) is 11.3 Å². The zero-order valence-electron chi connectivity index (χ0n) is 20.2. The molecule has 3 aromatic heterocycles. The number of rotatable bonds is 5. The Morgan fingerprint density at radius 2 is 1.74 bits per heavy atom. The molecule has 0 fully saturated rings. The number of nitrogens with zero attached hydrogens (tertiary/aromatic N) is 5. The summed E-state index contributed by atoms with van der Waals surface area (Å²) in [5.74, 6) is -4.46. The summed E-state index contributed by atoms with van der Waals surface area (Å²) in [4.78, 5) is 33.4. The minimum absolute atomic E-state index is 0.372. The Morgan fingerprint density at radius 3 is 2.26 bits per heavy atom. The molecule has 0 amide bonds. The highest BCUT2D eigenvalue weighted by atomic mass is 32.1. The average molecular weight is 584 g/mol. The number of halogens is 6. The zero-order valence-corrected chi connectivity index (χ0v) is 21.0. The fourth-order valence-corrected chi connectivity index (χ4v) is 3.81. The van der Waals surface area contributed by atoms with Crippen LogP contribution in [0.1, 0.15) is 16.4 Å². The second-order valence-corrected chi connectivity index (χ2v) is 9.08. The number of alkyl halides is 6. The quantitative estimate of drug-likeness (QED) is 0.428. The Balaban J connectivity index is 0.000000317. The molecule has 1 unspecified atom stereocenters. The summed E-state index contributed by atoms with van der Waals surface area (Å²) < 4.78 is 71.6. The Morgan fingerprint density at radius 1 is 1.10 bits per heavy atom. The molecule has 17 heteroatoms. The summed E-state index contributed by atoms with van der Waals surface area (Å²) in [6.45, 7) is 6.31. The summed E-state index contributed by atoms with van der Waals surface area (Å²) in [5.41, 5.74) is 2.38. The van der Waals surface area contributed by atoms with Gasteiger partial charge in [-0.1, -0.05) is 6.07 Å². The van der Waals surface area contributed by atoms with Crippen molar-refractivity contribution in [1.82, 2.24) is 24.4 Å². The molecule has 4 rings (SSSR count). The van der Waals surface area contributed by atoms with Gasteiger partial charge < -0.3 is 19.5 Å². The molecule has 0 saturated carbocycles. The lowest BCUT2D eigenvalue weighted by atomic mass is 10.1. The van der Waals surface area contributed by atoms with Crippen LogP contribution in [0.5, 0.6) is 5.88 Å². The first-order valence-electron chi connectivity index (χ1n) is 10.9. The van der Waals surface area contributed by atoms with Gasteiger partial charge in [-0.05, 0) is 13.0 Å². The molecule has 4 heterocycles. The minimum Gasteiger partial charge on any atom is -0.477 e. The Kier molecular flexibility index (Phi) is 11.2. The molecular formula is C22H23F6N5O5S. The number of carboxylic acid groups (broad SMARTS) is 2. The largest absolute Gasteiger partial charge is 0.490 e. The third-order valence-electron chi connectivity index (χ3n) is 4.80. The molecule has 0 aliphatic carbocycles. The number of hydrogen-bond donors (Lipinski definition) is 2. The number of ether oxygens (including phenoxy) is 1. The standard InChI is InChI=1S/C18H21N5OS.2C2HF3O2/c1-14-21-16(12-25-14)9-22-7-15(8-23-13-19-6-17(23)10-22)11-24-18-4-2-3-5-20-18;2*3-2(4,5)1(6)7/h2-6,12-13,15H,7-11H2,1H3;2*(H,6,7). The van der Waals surface area contributed by atoms with Gasteiger partial charge in [0.25, 0.3) is 0 Å². The molecule has 10 nitrogen and oxygen atoms in total. The fraction of sp³-hybridized carbons (Fsp3) is 0.409. The van der Waals surface area contributed by atoms with E-state index in [4.69, 9.17) is 24.5 Å². The van der Waals surface area contributed by atoms with Crippen molar-refractivity contribution in [2.75, 3.05) is 13.2 Å². The van der Waals surface area contributed by atoms with Crippen LogP contribution in [0.3, 0.4) is 0 Å². The van der Waals surface area contributed by atoms with Crippen LogP contribution in [0.4, 0.5) is 26.3 Å². The van der Waals surface area contributed by atoms with Crippen LogP contribution >= 0.6 is 11.3 Å². The first-order valence-corrected chi connectivity index (χ1v) is 11.8. The van der Waals surface area contributed by atoms with Crippen molar-refractivity contribution in [3.05, 3.63) is 58.7 Å². The first-order chi connectivity index (χ1) is 18.1. The second-order valence-electron chi connectivity index (χ2n) is 8.02. The smallest absolute Gasteiger partial charge is 0.477 e. The van der Waals surface area contributed by atoms with Crippen molar-refractivity contribution in [2.45, 2.75) is 38.9 Å². The van der Waals surface area contributed by atoms with Gasteiger partial charge in [0.15, 0.2) is 0 Å². The van der Waals surface area contributed by atoms with Crippen LogP contribution in [-0.2, 0) is 29.2 Å². The highest BCUT2D eigenvalue weighted by Gasteiger charge is 2.38. The Labute approximate surface area is 221 Å². The van der Waals surface area contributed by atoms with Crippen molar-refractivity contribution in [3.8, 4) is 5.88 Å². The van der Waals surface area contributed by atoms with Gasteiger partial charge in [0.05, 0.1) is 29.3 Å². The predicted octanol–water partition coefficient (Wildman–Crippen LogP) is 4.02. The number of aromatic nitrogens is 4. The lowest BCUT2D eigenvalue weighted by Gasteiger charge is -2.23. The molecule has 0 radical (unpaired) electrons. The van der Waals surface area contributed by atoms with E-state index in [1.54, 1.807) is 17.5 Å². The lowest BCUT2D eigenvalue weighted by Crippen LogP contribution is -2.31. The van der Waals surface area contributed by atoms with E-state index in [0.29, 0.717) is 18.4 Å². The van der Waals surface area contributed by atoms with Crippen molar-refractivity contribution < 1.29 is 50.9 Å². The molecule has 0 spiro atoms. The maximum Gasteiger partial charge on any atom is 0.490 e. The zero-order chi connectivity index (χ0) is 29.2.